The Bertz CT molecular complexity index is 899. The van der Waals surface area contributed by atoms with E-state index >= 15 is 0 Å². The normalized spacial score (nSPS) is 21.8. The molecule has 132 valence electrons. The quantitative estimate of drug-likeness (QED) is 0.769. The number of carbonyl (C=O) groups is 1. The molecule has 0 bridgehead atoms. The third kappa shape index (κ3) is 2.81. The summed E-state index contributed by atoms with van der Waals surface area (Å²) in [5.74, 6) is -1.77. The summed E-state index contributed by atoms with van der Waals surface area (Å²) in [6.07, 6.45) is 0.422. The SMILES string of the molecule is CC1=C(C)[NH+](O)C(C(CC(=O)O)c2coc3ccccc3c2=O)N1C. The van der Waals surface area contributed by atoms with Crippen LogP contribution in [-0.2, 0) is 4.79 Å². The molecule has 1 aromatic heterocycles. The number of para-hydroxylation sites is 1. The Balaban J connectivity index is 2.14. The minimum atomic E-state index is -1.04. The van der Waals surface area contributed by atoms with Gasteiger partial charge in [0.15, 0.2) is 11.1 Å². The summed E-state index contributed by atoms with van der Waals surface area (Å²) < 4.78 is 5.55. The maximum Gasteiger partial charge on any atom is 0.304 e. The van der Waals surface area contributed by atoms with Crippen molar-refractivity contribution >= 4 is 16.9 Å². The molecule has 3 unspecified atom stereocenters. The van der Waals surface area contributed by atoms with Gasteiger partial charge in [0, 0.05) is 19.5 Å². The summed E-state index contributed by atoms with van der Waals surface area (Å²) in [6.45, 7) is 3.63. The maximum absolute atomic E-state index is 12.9. The predicted octanol–water partition coefficient (Wildman–Crippen LogP) is 1.15. The van der Waals surface area contributed by atoms with Crippen molar-refractivity contribution in [2.45, 2.75) is 32.4 Å². The van der Waals surface area contributed by atoms with Gasteiger partial charge in [0.1, 0.15) is 5.58 Å². The van der Waals surface area contributed by atoms with Crippen molar-refractivity contribution in [1.82, 2.24) is 4.90 Å². The molecular weight excluding hydrogens is 324 g/mol. The van der Waals surface area contributed by atoms with Crippen LogP contribution < -0.4 is 10.5 Å². The summed E-state index contributed by atoms with van der Waals surface area (Å²) in [5.41, 5.74) is 1.99. The minimum Gasteiger partial charge on any atom is -0.481 e. The van der Waals surface area contributed by atoms with E-state index in [4.69, 9.17) is 4.42 Å². The molecule has 0 spiro atoms. The van der Waals surface area contributed by atoms with Crippen LogP contribution in [-0.4, -0.2) is 34.4 Å². The highest BCUT2D eigenvalue weighted by molar-refractivity contribution is 5.77. The summed E-state index contributed by atoms with van der Waals surface area (Å²) in [4.78, 5) is 26.2. The molecule has 3 atom stereocenters. The van der Waals surface area contributed by atoms with E-state index in [-0.39, 0.29) is 22.5 Å². The fourth-order valence-corrected chi connectivity index (χ4v) is 3.45. The molecule has 25 heavy (non-hydrogen) atoms. The molecule has 3 rings (SSSR count). The van der Waals surface area contributed by atoms with Crippen molar-refractivity contribution in [3.63, 3.8) is 0 Å². The zero-order chi connectivity index (χ0) is 18.3. The molecule has 2 heterocycles. The maximum atomic E-state index is 12.9. The number of hydrogen-bond acceptors (Lipinski definition) is 5. The minimum absolute atomic E-state index is 0.0961. The molecule has 0 amide bonds. The van der Waals surface area contributed by atoms with E-state index in [1.54, 1.807) is 38.2 Å². The molecule has 0 saturated heterocycles. The van der Waals surface area contributed by atoms with Gasteiger partial charge in [0.2, 0.25) is 6.17 Å². The molecule has 0 fully saturated rings. The van der Waals surface area contributed by atoms with E-state index in [2.05, 4.69) is 0 Å². The number of aliphatic carboxylic acids is 1. The second-order valence-electron chi connectivity index (χ2n) is 6.37. The number of nitrogens with zero attached hydrogens (tertiary/aromatic N) is 1. The number of carboxylic acids is 1. The number of hydrogen-bond donors (Lipinski definition) is 3. The summed E-state index contributed by atoms with van der Waals surface area (Å²) in [7, 11) is 1.78. The van der Waals surface area contributed by atoms with Crippen LogP contribution in [0.25, 0.3) is 11.0 Å². The number of likely N-dealkylation sites (N-methyl/N-ethyl adjacent to an activating group) is 1. The molecule has 7 nitrogen and oxygen atoms in total. The number of nitrogens with one attached hydrogen (secondary N) is 1. The predicted molar refractivity (Wildman–Crippen MR) is 90.2 cm³/mol. The van der Waals surface area contributed by atoms with Gasteiger partial charge in [-0.15, -0.1) is 5.06 Å². The standard InChI is InChI=1S/C18H20N2O5/c1-10-11(2)20(24)18(19(10)3)13(8-16(21)22)14-9-25-15-7-5-4-6-12(15)17(14)23/h4-7,9,13,18,24H,8H2,1-3H3,(H,21,22)/p+1. The van der Waals surface area contributed by atoms with Crippen molar-refractivity contribution in [2.75, 3.05) is 7.05 Å². The van der Waals surface area contributed by atoms with Gasteiger partial charge < -0.3 is 14.4 Å². The highest BCUT2D eigenvalue weighted by atomic mass is 16.5. The van der Waals surface area contributed by atoms with Crippen molar-refractivity contribution in [3.05, 3.63) is 57.7 Å². The molecule has 2 aromatic rings. The summed E-state index contributed by atoms with van der Waals surface area (Å²) in [6, 6.07) is 6.84. The van der Waals surface area contributed by atoms with Crippen LogP contribution in [0.15, 0.2) is 51.1 Å². The fraction of sp³-hybridized carbons (Fsp3) is 0.333. The molecule has 0 saturated carbocycles. The van der Waals surface area contributed by atoms with Crippen molar-refractivity contribution in [3.8, 4) is 0 Å². The molecule has 0 aliphatic carbocycles. The molecule has 7 heteroatoms. The average molecular weight is 345 g/mol. The Kier molecular flexibility index (Phi) is 4.36. The monoisotopic (exact) mass is 345 g/mol. The third-order valence-corrected chi connectivity index (χ3v) is 5.04. The average Bonchev–Trinajstić information content (AvgIpc) is 2.77. The lowest BCUT2D eigenvalue weighted by Crippen LogP contribution is -3.12. The van der Waals surface area contributed by atoms with Crippen LogP contribution in [0.4, 0.5) is 0 Å². The van der Waals surface area contributed by atoms with Gasteiger partial charge in [0.05, 0.1) is 29.7 Å². The van der Waals surface area contributed by atoms with Gasteiger partial charge in [-0.25, -0.2) is 5.21 Å². The first-order valence-electron chi connectivity index (χ1n) is 8.01. The van der Waals surface area contributed by atoms with Gasteiger partial charge in [-0.3, -0.25) is 9.59 Å². The number of allylic oxidation sites excluding steroid dienone is 2. The zero-order valence-electron chi connectivity index (χ0n) is 14.3. The molecule has 0 radical (unpaired) electrons. The number of fused-ring (bicyclic) bond motifs is 1. The molecule has 1 aromatic carbocycles. The highest BCUT2D eigenvalue weighted by Gasteiger charge is 2.45. The van der Waals surface area contributed by atoms with E-state index in [1.807, 2.05) is 11.8 Å². The lowest BCUT2D eigenvalue weighted by atomic mass is 9.92. The zero-order valence-corrected chi connectivity index (χ0v) is 14.3. The topological polar surface area (TPSA) is 95.4 Å². The highest BCUT2D eigenvalue weighted by Crippen LogP contribution is 2.28. The van der Waals surface area contributed by atoms with E-state index in [0.717, 1.165) is 5.70 Å². The van der Waals surface area contributed by atoms with Crippen molar-refractivity contribution in [2.24, 2.45) is 0 Å². The number of rotatable bonds is 4. The Morgan fingerprint density at radius 2 is 2.04 bits per heavy atom. The molecule has 1 aliphatic rings. The van der Waals surface area contributed by atoms with Gasteiger partial charge in [-0.2, -0.15) is 0 Å². The van der Waals surface area contributed by atoms with E-state index < -0.39 is 18.1 Å². The lowest BCUT2D eigenvalue weighted by Gasteiger charge is -2.29. The Labute approximate surface area is 144 Å². The summed E-state index contributed by atoms with van der Waals surface area (Å²) in [5, 5.41) is 20.4. The smallest absolute Gasteiger partial charge is 0.304 e. The second-order valence-corrected chi connectivity index (χ2v) is 6.37. The second kappa shape index (κ2) is 6.34. The van der Waals surface area contributed by atoms with Gasteiger partial charge in [-0.05, 0) is 19.1 Å². The fourth-order valence-electron chi connectivity index (χ4n) is 3.45. The lowest BCUT2D eigenvalue weighted by molar-refractivity contribution is -1.08. The Morgan fingerprint density at radius 1 is 1.36 bits per heavy atom. The first-order valence-corrected chi connectivity index (χ1v) is 8.01. The van der Waals surface area contributed by atoms with Crippen LogP contribution >= 0.6 is 0 Å². The number of quaternary nitrogens is 1. The first kappa shape index (κ1) is 17.2. The Morgan fingerprint density at radius 3 is 2.64 bits per heavy atom. The van der Waals surface area contributed by atoms with Crippen LogP contribution in [0.5, 0.6) is 0 Å². The molecule has 1 aliphatic heterocycles. The van der Waals surface area contributed by atoms with Gasteiger partial charge in [-0.1, -0.05) is 12.1 Å². The first-order chi connectivity index (χ1) is 11.8. The van der Waals surface area contributed by atoms with E-state index in [9.17, 15) is 19.9 Å². The summed E-state index contributed by atoms with van der Waals surface area (Å²) >= 11 is 0. The largest absolute Gasteiger partial charge is 0.481 e. The Hall–Kier alpha value is -2.64. The van der Waals surface area contributed by atoms with Gasteiger partial charge >= 0.3 is 5.97 Å². The molecular formula is C18H21N2O5+. The van der Waals surface area contributed by atoms with Crippen LogP contribution in [0.1, 0.15) is 31.7 Å². The van der Waals surface area contributed by atoms with Crippen LogP contribution in [0.2, 0.25) is 0 Å². The third-order valence-electron chi connectivity index (χ3n) is 5.04. The number of hydroxylamine groups is 2. The van der Waals surface area contributed by atoms with Crippen LogP contribution in [0, 0.1) is 0 Å². The molecule has 3 N–H and O–H groups in total. The van der Waals surface area contributed by atoms with E-state index in [1.165, 1.54) is 6.26 Å². The van der Waals surface area contributed by atoms with Crippen molar-refractivity contribution in [1.29, 1.82) is 0 Å². The van der Waals surface area contributed by atoms with Crippen LogP contribution in [0.3, 0.4) is 0 Å². The van der Waals surface area contributed by atoms with Crippen molar-refractivity contribution < 1.29 is 24.6 Å². The van der Waals surface area contributed by atoms with Gasteiger partial charge in [0.25, 0.3) is 0 Å². The number of carboxylic acid groups (broad SMARTS) is 1. The van der Waals surface area contributed by atoms with E-state index in [0.29, 0.717) is 16.7 Å². The number of benzene rings is 1.